The second kappa shape index (κ2) is 56.2. The molecule has 0 spiro atoms. The first-order chi connectivity index (χ1) is 36.0. The lowest BCUT2D eigenvalue weighted by Gasteiger charge is -2.29. The number of nitrogens with zero attached hydrogens (tertiary/aromatic N) is 1. The topological polar surface area (TPSA) is 108 Å². The Hall–Kier alpha value is -1.54. The van der Waals surface area contributed by atoms with Gasteiger partial charge in [0.1, 0.15) is 13.2 Å². The van der Waals surface area contributed by atoms with Crippen LogP contribution < -0.4 is 10.2 Å². The van der Waals surface area contributed by atoms with E-state index >= 15 is 0 Å². The number of hydrogen-bond acceptors (Lipinski definition) is 6. The lowest BCUT2D eigenvalue weighted by atomic mass is 10.0. The molecule has 0 radical (unpaired) electrons. The van der Waals surface area contributed by atoms with E-state index in [4.69, 9.17) is 9.05 Å². The molecule has 0 aromatic heterocycles. The number of amides is 1. The Morgan fingerprint density at radius 2 is 0.757 bits per heavy atom. The van der Waals surface area contributed by atoms with Crippen molar-refractivity contribution in [3.8, 4) is 0 Å². The third kappa shape index (κ3) is 58.1. The minimum atomic E-state index is -4.61. The predicted octanol–water partition coefficient (Wildman–Crippen LogP) is 19.2. The Bertz CT molecular complexity index is 1340. The molecule has 436 valence electrons. The average molecular weight is 1060 g/mol. The van der Waals surface area contributed by atoms with Crippen LogP contribution in [0.2, 0.25) is 0 Å². The maximum absolute atomic E-state index is 13.0. The van der Waals surface area contributed by atoms with Gasteiger partial charge in [-0.05, 0) is 70.6 Å². The zero-order chi connectivity index (χ0) is 54.2. The molecule has 3 unspecified atom stereocenters. The molecular weight excluding hydrogens is 936 g/mol. The van der Waals surface area contributed by atoms with Crippen molar-refractivity contribution in [2.45, 2.75) is 321 Å². The molecule has 0 aromatic carbocycles. The Morgan fingerprint density at radius 1 is 0.459 bits per heavy atom. The fourth-order valence-corrected chi connectivity index (χ4v) is 10.2. The second-order valence-electron chi connectivity index (χ2n) is 23.1. The van der Waals surface area contributed by atoms with Crippen molar-refractivity contribution in [2.75, 3.05) is 40.9 Å². The maximum Gasteiger partial charge on any atom is 0.268 e. The van der Waals surface area contributed by atoms with Crippen LogP contribution in [0.25, 0.3) is 0 Å². The van der Waals surface area contributed by atoms with Gasteiger partial charge in [0.25, 0.3) is 7.82 Å². The van der Waals surface area contributed by atoms with E-state index in [2.05, 4.69) is 55.6 Å². The van der Waals surface area contributed by atoms with Crippen LogP contribution in [0.15, 0.2) is 48.6 Å². The van der Waals surface area contributed by atoms with E-state index < -0.39 is 26.6 Å². The van der Waals surface area contributed by atoms with Crippen LogP contribution in [0.5, 0.6) is 0 Å². The summed E-state index contributed by atoms with van der Waals surface area (Å²) in [7, 11) is 1.24. The number of carbonyl (C=O) groups excluding carboxylic acids is 1. The molecule has 3 atom stereocenters. The third-order valence-electron chi connectivity index (χ3n) is 14.5. The van der Waals surface area contributed by atoms with Gasteiger partial charge in [0.05, 0.1) is 39.9 Å². The number of nitrogens with one attached hydrogen (secondary N) is 1. The van der Waals surface area contributed by atoms with Gasteiger partial charge in [-0.15, -0.1) is 0 Å². The normalized spacial score (nSPS) is 14.1. The molecule has 0 bridgehead atoms. The number of unbranched alkanes of at least 4 members (excludes halogenated alkanes) is 40. The summed E-state index contributed by atoms with van der Waals surface area (Å²) >= 11 is 0. The van der Waals surface area contributed by atoms with Crippen LogP contribution in [0.3, 0.4) is 0 Å². The summed E-state index contributed by atoms with van der Waals surface area (Å²) in [6.45, 7) is 4.66. The molecule has 0 rings (SSSR count). The summed E-state index contributed by atoms with van der Waals surface area (Å²) in [5.74, 6) is -0.211. The Kier molecular flexibility index (Phi) is 55.0. The highest BCUT2D eigenvalue weighted by atomic mass is 31.2. The molecule has 0 saturated carbocycles. The molecule has 1 amide bonds. The van der Waals surface area contributed by atoms with Gasteiger partial charge in [0.15, 0.2) is 0 Å². The number of allylic oxidation sites excluding steroid dienone is 7. The van der Waals surface area contributed by atoms with Gasteiger partial charge < -0.3 is 28.8 Å². The fourth-order valence-electron chi connectivity index (χ4n) is 9.48. The smallest absolute Gasteiger partial charge is 0.268 e. The number of phosphoric acid groups is 1. The van der Waals surface area contributed by atoms with E-state index in [1.54, 1.807) is 6.08 Å². The van der Waals surface area contributed by atoms with E-state index in [-0.39, 0.29) is 12.5 Å². The van der Waals surface area contributed by atoms with Crippen LogP contribution in [0.4, 0.5) is 0 Å². The van der Waals surface area contributed by atoms with Crippen molar-refractivity contribution in [1.82, 2.24) is 5.32 Å². The number of likely N-dealkylation sites (N-methyl/N-ethyl adjacent to an activating group) is 1. The van der Waals surface area contributed by atoms with Crippen molar-refractivity contribution >= 4 is 13.7 Å². The number of rotatable bonds is 59. The van der Waals surface area contributed by atoms with Crippen LogP contribution >= 0.6 is 7.82 Å². The van der Waals surface area contributed by atoms with Crippen LogP contribution in [-0.2, 0) is 18.4 Å². The standard InChI is InChI=1S/C65H125N2O6P/c1-6-8-10-12-14-16-18-20-22-24-26-28-29-30-31-32-33-34-35-36-37-39-40-42-44-46-48-50-52-54-56-58-64(68)63(62-73-74(70,71)72-61-60-67(3,4)5)66-65(69)59-57-55-53-51-49-47-45-43-41-38-27-25-23-21-19-17-15-13-11-9-7-2/h25,27,40,42,48,50,56,58,63-64,68H,6-24,26,28-39,41,43-47,49,51-55,57,59-62H2,1-5H3,(H-,66,69,70,71)/b27-25-,42-40+,50-48+,58-56+. The SMILES string of the molecule is CCCCCCCCCC/C=C\CCCCCCCCCCCC(=O)NC(COP(=O)([O-])OCC[N+](C)(C)C)C(O)/C=C/CC/C=C/CC/C=C/CCCCCCCCCCCCCCCCCCCCCCC. The lowest BCUT2D eigenvalue weighted by Crippen LogP contribution is -2.45. The molecule has 0 aliphatic rings. The van der Waals surface area contributed by atoms with Crippen molar-refractivity contribution in [3.63, 3.8) is 0 Å². The van der Waals surface area contributed by atoms with Crippen LogP contribution in [0, 0.1) is 0 Å². The van der Waals surface area contributed by atoms with Gasteiger partial charge in [-0.3, -0.25) is 9.36 Å². The van der Waals surface area contributed by atoms with Crippen LogP contribution in [-0.4, -0.2) is 68.5 Å². The zero-order valence-electron chi connectivity index (χ0n) is 49.8. The summed E-state index contributed by atoms with van der Waals surface area (Å²) in [5, 5.41) is 13.9. The Balaban J connectivity index is 4.18. The van der Waals surface area contributed by atoms with Gasteiger partial charge >= 0.3 is 0 Å². The monoisotopic (exact) mass is 1060 g/mol. The van der Waals surface area contributed by atoms with E-state index in [0.29, 0.717) is 17.4 Å². The average Bonchev–Trinajstić information content (AvgIpc) is 3.36. The van der Waals surface area contributed by atoms with E-state index in [1.165, 1.54) is 244 Å². The molecule has 8 nitrogen and oxygen atoms in total. The number of hydrogen-bond donors (Lipinski definition) is 2. The second-order valence-corrected chi connectivity index (χ2v) is 24.5. The highest BCUT2D eigenvalue weighted by molar-refractivity contribution is 7.45. The number of quaternary nitrogens is 1. The lowest BCUT2D eigenvalue weighted by molar-refractivity contribution is -0.870. The van der Waals surface area contributed by atoms with E-state index in [1.807, 2.05) is 27.2 Å². The molecule has 0 fully saturated rings. The molecule has 0 saturated heterocycles. The molecule has 0 aromatic rings. The van der Waals surface area contributed by atoms with Gasteiger partial charge in [0, 0.05) is 6.42 Å². The molecule has 0 heterocycles. The summed E-state index contributed by atoms with van der Waals surface area (Å²) in [5.41, 5.74) is 0. The van der Waals surface area contributed by atoms with Crippen molar-refractivity contribution in [1.29, 1.82) is 0 Å². The van der Waals surface area contributed by atoms with E-state index in [9.17, 15) is 19.4 Å². The van der Waals surface area contributed by atoms with Gasteiger partial charge in [-0.1, -0.05) is 281 Å². The number of aliphatic hydroxyl groups is 1. The van der Waals surface area contributed by atoms with Gasteiger partial charge in [0.2, 0.25) is 5.91 Å². The molecule has 0 aliphatic carbocycles. The van der Waals surface area contributed by atoms with Crippen molar-refractivity contribution in [2.24, 2.45) is 0 Å². The molecule has 0 aliphatic heterocycles. The summed E-state index contributed by atoms with van der Waals surface area (Å²) < 4.78 is 23.4. The quantitative estimate of drug-likeness (QED) is 0.0272. The van der Waals surface area contributed by atoms with Gasteiger partial charge in [-0.2, -0.15) is 0 Å². The van der Waals surface area contributed by atoms with Crippen LogP contribution in [0.1, 0.15) is 309 Å². The number of phosphoric ester groups is 1. The first-order valence-corrected chi connectivity index (χ1v) is 33.5. The highest BCUT2D eigenvalue weighted by Gasteiger charge is 2.23. The molecule has 2 N–H and O–H groups in total. The third-order valence-corrected chi connectivity index (χ3v) is 15.5. The highest BCUT2D eigenvalue weighted by Crippen LogP contribution is 2.38. The summed E-state index contributed by atoms with van der Waals surface area (Å²) in [6.07, 6.45) is 75.1. The largest absolute Gasteiger partial charge is 0.756 e. The Morgan fingerprint density at radius 3 is 1.09 bits per heavy atom. The maximum atomic E-state index is 13.0. The minimum absolute atomic E-state index is 0.00960. The molecule has 9 heteroatoms. The van der Waals surface area contributed by atoms with E-state index in [0.717, 1.165) is 44.9 Å². The zero-order valence-corrected chi connectivity index (χ0v) is 50.7. The minimum Gasteiger partial charge on any atom is -0.756 e. The summed E-state index contributed by atoms with van der Waals surface area (Å²) in [4.78, 5) is 25.5. The van der Waals surface area contributed by atoms with Crippen molar-refractivity contribution in [3.05, 3.63) is 48.6 Å². The fraction of sp³-hybridized carbons (Fsp3) is 0.862. The molecular formula is C65H125N2O6P. The number of carbonyl (C=O) groups is 1. The Labute approximate surface area is 460 Å². The first-order valence-electron chi connectivity index (χ1n) is 32.0. The molecule has 74 heavy (non-hydrogen) atoms. The van der Waals surface area contributed by atoms with Gasteiger partial charge in [-0.25, -0.2) is 0 Å². The predicted molar refractivity (Wildman–Crippen MR) is 321 cm³/mol. The summed E-state index contributed by atoms with van der Waals surface area (Å²) in [6, 6.07) is -0.913. The van der Waals surface area contributed by atoms with Crippen molar-refractivity contribution < 1.29 is 32.9 Å². The first kappa shape index (κ1) is 72.5. The number of aliphatic hydroxyl groups excluding tert-OH is 1.